The van der Waals surface area contributed by atoms with Crippen LogP contribution in [-0.2, 0) is 41.1 Å². The van der Waals surface area contributed by atoms with Crippen LogP contribution in [-0.4, -0.2) is 130 Å². The average Bonchev–Trinajstić information content (AvgIpc) is 3.72. The highest BCUT2D eigenvalue weighted by Crippen LogP contribution is 2.37. The first-order valence-electron chi connectivity index (χ1n) is 19.5. The van der Waals surface area contributed by atoms with Crippen LogP contribution >= 0.6 is 0 Å². The van der Waals surface area contributed by atoms with Gasteiger partial charge >= 0.3 is 11.9 Å². The second-order valence-electron chi connectivity index (χ2n) is 15.8. The Morgan fingerprint density at radius 3 is 2.41 bits per heavy atom. The van der Waals surface area contributed by atoms with Gasteiger partial charge in [0.25, 0.3) is 0 Å². The fourth-order valence-electron chi connectivity index (χ4n) is 8.71. The molecule has 7 heterocycles. The topological polar surface area (TPSA) is 97.3 Å². The zero-order valence-electron chi connectivity index (χ0n) is 31.1. The number of benzene rings is 1. The molecule has 1 N–H and O–H groups in total. The van der Waals surface area contributed by atoms with Crippen LogP contribution in [0, 0.1) is 5.92 Å². The van der Waals surface area contributed by atoms with E-state index in [2.05, 4.69) is 30.2 Å². The first-order valence-corrected chi connectivity index (χ1v) is 19.5. The number of aromatic nitrogens is 5. The molecule has 4 fully saturated rings. The molecule has 292 valence electrons. The molecule has 12 nitrogen and oxygen atoms in total. The lowest BCUT2D eigenvalue weighted by molar-refractivity contribution is -0.136. The minimum atomic E-state index is -4.63. The van der Waals surface area contributed by atoms with E-state index in [-0.39, 0.29) is 17.0 Å². The summed E-state index contributed by atoms with van der Waals surface area (Å²) in [5.74, 6) is 1.59. The average molecular weight is 752 g/mol. The standard InChI is InChI=1S/C39H52F3N9O3/c1-46-28-44-45-36(46)21-38(26-53-27-38)31-3-2-4-32(20-31)50-25-35-34(39(40,41)42)19-30(24-51(35)37(50)52)23-48-13-7-33(8-14-48)54-18-17-47-11-5-29(6-12-47)22-49-15-9-43-10-16-49/h2-4,19-20,24-25,28-29,33,43H,5-18,21-23,26-27H2,1H3. The molecule has 4 saturated heterocycles. The lowest BCUT2D eigenvalue weighted by Crippen LogP contribution is -2.49. The van der Waals surface area contributed by atoms with E-state index in [1.54, 1.807) is 18.6 Å². The third kappa shape index (κ3) is 8.17. The van der Waals surface area contributed by atoms with Crippen LogP contribution in [0.4, 0.5) is 13.2 Å². The largest absolute Gasteiger partial charge is 0.418 e. The Morgan fingerprint density at radius 2 is 1.72 bits per heavy atom. The van der Waals surface area contributed by atoms with Gasteiger partial charge in [-0.3, -0.25) is 13.9 Å². The van der Waals surface area contributed by atoms with Gasteiger partial charge in [0.2, 0.25) is 0 Å². The number of hydrogen-bond acceptors (Lipinski definition) is 9. The van der Waals surface area contributed by atoms with Crippen molar-refractivity contribution in [1.29, 1.82) is 0 Å². The number of piperidine rings is 2. The molecule has 4 aromatic rings. The molecule has 0 spiro atoms. The number of pyridine rings is 1. The Bertz CT molecular complexity index is 1930. The van der Waals surface area contributed by atoms with Crippen molar-refractivity contribution in [3.8, 4) is 5.69 Å². The summed E-state index contributed by atoms with van der Waals surface area (Å²) < 4.78 is 59.8. The van der Waals surface area contributed by atoms with Crippen LogP contribution in [0.25, 0.3) is 11.2 Å². The van der Waals surface area contributed by atoms with E-state index in [1.165, 1.54) is 36.2 Å². The maximum atomic E-state index is 14.5. The number of aryl methyl sites for hydroxylation is 1. The van der Waals surface area contributed by atoms with Gasteiger partial charge in [0, 0.05) is 90.2 Å². The van der Waals surface area contributed by atoms with Gasteiger partial charge in [-0.05, 0) is 74.0 Å². The van der Waals surface area contributed by atoms with Crippen molar-refractivity contribution in [3.05, 3.63) is 82.1 Å². The molecule has 0 bridgehead atoms. The van der Waals surface area contributed by atoms with E-state index in [0.29, 0.717) is 44.0 Å². The molecule has 54 heavy (non-hydrogen) atoms. The first-order chi connectivity index (χ1) is 26.1. The Labute approximate surface area is 313 Å². The van der Waals surface area contributed by atoms with E-state index >= 15 is 0 Å². The maximum Gasteiger partial charge on any atom is 0.418 e. The van der Waals surface area contributed by atoms with E-state index in [0.717, 1.165) is 93.5 Å². The summed E-state index contributed by atoms with van der Waals surface area (Å²) in [7, 11) is 1.88. The van der Waals surface area contributed by atoms with E-state index in [4.69, 9.17) is 9.47 Å². The number of nitrogens with zero attached hydrogens (tertiary/aromatic N) is 8. The summed E-state index contributed by atoms with van der Waals surface area (Å²) in [6.45, 7) is 12.4. The highest BCUT2D eigenvalue weighted by molar-refractivity contribution is 5.58. The second kappa shape index (κ2) is 15.9. The van der Waals surface area contributed by atoms with Gasteiger partial charge in [0.1, 0.15) is 12.2 Å². The van der Waals surface area contributed by atoms with Crippen molar-refractivity contribution in [2.45, 2.75) is 56.3 Å². The number of alkyl halides is 3. The minimum Gasteiger partial charge on any atom is -0.379 e. The van der Waals surface area contributed by atoms with Crippen molar-refractivity contribution in [3.63, 3.8) is 0 Å². The fourth-order valence-corrected chi connectivity index (χ4v) is 8.71. The molecular weight excluding hydrogens is 699 g/mol. The Balaban J connectivity index is 0.885. The number of hydrogen-bond donors (Lipinski definition) is 1. The number of ether oxygens (including phenoxy) is 2. The predicted octanol–water partition coefficient (Wildman–Crippen LogP) is 3.35. The number of nitrogens with one attached hydrogen (secondary N) is 1. The number of fused-ring (bicyclic) bond motifs is 1. The summed E-state index contributed by atoms with van der Waals surface area (Å²) in [5.41, 5.74) is -0.0122. The van der Waals surface area contributed by atoms with Gasteiger partial charge in [-0.2, -0.15) is 13.2 Å². The number of halogens is 3. The van der Waals surface area contributed by atoms with Gasteiger partial charge in [-0.1, -0.05) is 12.1 Å². The third-order valence-electron chi connectivity index (χ3n) is 12.1. The third-order valence-corrected chi connectivity index (χ3v) is 12.1. The monoisotopic (exact) mass is 751 g/mol. The number of rotatable bonds is 12. The van der Waals surface area contributed by atoms with E-state index < -0.39 is 17.4 Å². The van der Waals surface area contributed by atoms with Gasteiger partial charge in [0.15, 0.2) is 0 Å². The maximum absolute atomic E-state index is 14.5. The number of likely N-dealkylation sites (tertiary alicyclic amines) is 2. The van der Waals surface area contributed by atoms with Crippen LogP contribution in [0.2, 0.25) is 0 Å². The molecule has 15 heteroatoms. The van der Waals surface area contributed by atoms with Crippen molar-refractivity contribution in [2.24, 2.45) is 13.0 Å². The van der Waals surface area contributed by atoms with Gasteiger partial charge < -0.3 is 29.2 Å². The molecule has 4 aliphatic heterocycles. The van der Waals surface area contributed by atoms with Crippen LogP contribution in [0.15, 0.2) is 53.8 Å². The second-order valence-corrected chi connectivity index (χ2v) is 15.8. The van der Waals surface area contributed by atoms with Gasteiger partial charge in [0.05, 0.1) is 42.7 Å². The molecule has 0 atom stereocenters. The summed E-state index contributed by atoms with van der Waals surface area (Å²) in [6, 6.07) is 8.62. The SMILES string of the molecule is Cn1cnnc1CC1(c2cccc(-n3cc4c(C(F)(F)F)cc(CN5CCC(OCCN6CCC(CN7CCNCC7)CC6)CC5)cn4c3=O)c2)COC1. The highest BCUT2D eigenvalue weighted by atomic mass is 19.4. The van der Waals surface area contributed by atoms with E-state index in [9.17, 15) is 18.0 Å². The van der Waals surface area contributed by atoms with Gasteiger partial charge in [-0.25, -0.2) is 4.79 Å². The van der Waals surface area contributed by atoms with Crippen LogP contribution in [0.1, 0.15) is 48.2 Å². The first kappa shape index (κ1) is 37.3. The molecule has 1 aromatic carbocycles. The predicted molar refractivity (Wildman–Crippen MR) is 198 cm³/mol. The zero-order valence-corrected chi connectivity index (χ0v) is 31.1. The van der Waals surface area contributed by atoms with Gasteiger partial charge in [-0.15, -0.1) is 10.2 Å². The Hall–Kier alpha value is -3.60. The molecule has 3 aromatic heterocycles. The molecule has 4 aliphatic rings. The highest BCUT2D eigenvalue weighted by Gasteiger charge is 2.42. The van der Waals surface area contributed by atoms with Crippen LogP contribution in [0.3, 0.4) is 0 Å². The fraction of sp³-hybridized carbons (Fsp3) is 0.615. The number of imidazole rings is 1. The van der Waals surface area contributed by atoms with E-state index in [1.807, 2.05) is 29.8 Å². The Kier molecular flexibility index (Phi) is 11.0. The molecular formula is C39H52F3N9O3. The Morgan fingerprint density at radius 1 is 0.963 bits per heavy atom. The smallest absolute Gasteiger partial charge is 0.379 e. The number of piperazine rings is 1. The zero-order chi connectivity index (χ0) is 37.3. The van der Waals surface area contributed by atoms with Crippen LogP contribution < -0.4 is 11.0 Å². The van der Waals surface area contributed by atoms with Crippen molar-refractivity contribution >= 4 is 5.52 Å². The lowest BCUT2D eigenvalue weighted by atomic mass is 9.75. The van der Waals surface area contributed by atoms with Crippen molar-refractivity contribution in [1.82, 2.24) is 43.7 Å². The van der Waals surface area contributed by atoms with Crippen molar-refractivity contribution < 1.29 is 22.6 Å². The molecule has 0 aliphatic carbocycles. The van der Waals surface area contributed by atoms with Crippen LogP contribution in [0.5, 0.6) is 0 Å². The molecule has 0 radical (unpaired) electrons. The molecule has 8 rings (SSSR count). The summed E-state index contributed by atoms with van der Waals surface area (Å²) in [5, 5.41) is 11.7. The van der Waals surface area contributed by atoms with Crippen molar-refractivity contribution in [2.75, 3.05) is 85.3 Å². The molecule has 0 unspecified atom stereocenters. The molecule has 0 saturated carbocycles. The molecule has 0 amide bonds. The lowest BCUT2D eigenvalue weighted by Gasteiger charge is -2.41. The summed E-state index contributed by atoms with van der Waals surface area (Å²) in [4.78, 5) is 21.1. The normalized spacial score (nSPS) is 21.2. The minimum absolute atomic E-state index is 0.151. The quantitative estimate of drug-likeness (QED) is 0.234. The summed E-state index contributed by atoms with van der Waals surface area (Å²) in [6.07, 6.45) is 4.78. The summed E-state index contributed by atoms with van der Waals surface area (Å²) >= 11 is 0.